The van der Waals surface area contributed by atoms with E-state index < -0.39 is 27.8 Å². The summed E-state index contributed by atoms with van der Waals surface area (Å²) >= 11 is 0. The Bertz CT molecular complexity index is 861. The van der Waals surface area contributed by atoms with Gasteiger partial charge in [0.15, 0.2) is 0 Å². The number of nitrogens with zero attached hydrogens (tertiary/aromatic N) is 1. The molecule has 162 valence electrons. The minimum Gasteiger partial charge on any atom is -0.444 e. The summed E-state index contributed by atoms with van der Waals surface area (Å²) in [5.74, 6) is -0.306. The highest BCUT2D eigenvalue weighted by Crippen LogP contribution is 2.21. The lowest BCUT2D eigenvalue weighted by Gasteiger charge is -2.28. The fourth-order valence-corrected chi connectivity index (χ4v) is 4.50. The second-order valence-electron chi connectivity index (χ2n) is 8.29. The fourth-order valence-electron chi connectivity index (χ4n) is 3.14. The van der Waals surface area contributed by atoms with Crippen LogP contribution in [0.5, 0.6) is 0 Å². The lowest BCUT2D eigenvalue weighted by atomic mass is 10.2. The molecule has 1 saturated heterocycles. The topological polar surface area (TPSA) is 105 Å². The number of likely N-dealkylation sites (tertiary alicyclic amines) is 1. The Morgan fingerprint density at radius 1 is 1.21 bits per heavy atom. The first-order valence-corrected chi connectivity index (χ1v) is 11.2. The Morgan fingerprint density at radius 3 is 2.55 bits per heavy atom. The van der Waals surface area contributed by atoms with Crippen molar-refractivity contribution >= 4 is 22.0 Å². The highest BCUT2D eigenvalue weighted by molar-refractivity contribution is 7.89. The second kappa shape index (κ2) is 9.13. The smallest absolute Gasteiger partial charge is 0.410 e. The maximum absolute atomic E-state index is 12.5. The Balaban J connectivity index is 1.87. The van der Waals surface area contributed by atoms with Gasteiger partial charge in [-0.3, -0.25) is 9.69 Å². The second-order valence-corrected chi connectivity index (χ2v) is 10.0. The fraction of sp³-hybridized carbons (Fsp3) is 0.600. The van der Waals surface area contributed by atoms with Crippen LogP contribution >= 0.6 is 0 Å². The van der Waals surface area contributed by atoms with Gasteiger partial charge >= 0.3 is 6.09 Å². The zero-order valence-electron chi connectivity index (χ0n) is 17.7. The van der Waals surface area contributed by atoms with Crippen LogP contribution in [-0.4, -0.2) is 56.6 Å². The van der Waals surface area contributed by atoms with Crippen LogP contribution in [0.4, 0.5) is 4.79 Å². The van der Waals surface area contributed by atoms with Crippen LogP contribution in [0.25, 0.3) is 0 Å². The van der Waals surface area contributed by atoms with Crippen molar-refractivity contribution in [2.45, 2.75) is 64.0 Å². The number of amides is 2. The molecule has 1 aromatic rings. The van der Waals surface area contributed by atoms with Crippen molar-refractivity contribution in [1.29, 1.82) is 0 Å². The van der Waals surface area contributed by atoms with E-state index >= 15 is 0 Å². The first-order chi connectivity index (χ1) is 13.4. The summed E-state index contributed by atoms with van der Waals surface area (Å²) in [6, 6.07) is 4.64. The quantitative estimate of drug-likeness (QED) is 0.679. The average Bonchev–Trinajstić information content (AvgIpc) is 3.09. The van der Waals surface area contributed by atoms with E-state index in [1.165, 1.54) is 4.90 Å². The Morgan fingerprint density at radius 2 is 1.90 bits per heavy atom. The van der Waals surface area contributed by atoms with Crippen LogP contribution in [0, 0.1) is 13.8 Å². The molecule has 2 rings (SSSR count). The molecule has 1 aromatic carbocycles. The molecule has 0 radical (unpaired) electrons. The number of aryl methyl sites for hydroxylation is 2. The van der Waals surface area contributed by atoms with Gasteiger partial charge in [-0.15, -0.1) is 0 Å². The van der Waals surface area contributed by atoms with Crippen LogP contribution < -0.4 is 10.0 Å². The molecule has 1 fully saturated rings. The molecule has 2 N–H and O–H groups in total. The van der Waals surface area contributed by atoms with Gasteiger partial charge in [-0.05, 0) is 64.7 Å². The third-order valence-electron chi connectivity index (χ3n) is 4.53. The van der Waals surface area contributed by atoms with Crippen LogP contribution in [0.15, 0.2) is 23.1 Å². The summed E-state index contributed by atoms with van der Waals surface area (Å²) < 4.78 is 32.8. The van der Waals surface area contributed by atoms with E-state index in [9.17, 15) is 18.0 Å². The number of hydrogen-bond donors (Lipinski definition) is 2. The molecule has 1 heterocycles. The molecule has 0 spiro atoms. The zero-order valence-corrected chi connectivity index (χ0v) is 18.6. The van der Waals surface area contributed by atoms with Gasteiger partial charge in [0.2, 0.25) is 15.9 Å². The summed E-state index contributed by atoms with van der Waals surface area (Å²) in [4.78, 5) is 26.4. The van der Waals surface area contributed by atoms with Crippen molar-refractivity contribution in [2.24, 2.45) is 0 Å². The van der Waals surface area contributed by atoms with E-state index in [4.69, 9.17) is 4.74 Å². The first kappa shape index (κ1) is 23.2. The predicted molar refractivity (Wildman–Crippen MR) is 110 cm³/mol. The van der Waals surface area contributed by atoms with Gasteiger partial charge in [0.25, 0.3) is 0 Å². The van der Waals surface area contributed by atoms with Gasteiger partial charge in [-0.25, -0.2) is 17.9 Å². The van der Waals surface area contributed by atoms with E-state index in [0.717, 1.165) is 12.0 Å². The third kappa shape index (κ3) is 6.43. The number of sulfonamides is 1. The standard InChI is InChI=1S/C20H31N3O5S/c1-14-8-9-15(2)17(13-14)29(26,27)22-11-10-21-18(24)16-7-6-12-23(16)19(25)28-20(3,4)5/h8-9,13,16,22H,6-7,10-12H2,1-5H3,(H,21,24). The summed E-state index contributed by atoms with van der Waals surface area (Å²) in [7, 11) is -3.66. The van der Waals surface area contributed by atoms with Crippen LogP contribution in [-0.2, 0) is 19.6 Å². The van der Waals surface area contributed by atoms with Gasteiger partial charge in [0.1, 0.15) is 11.6 Å². The number of rotatable bonds is 6. The highest BCUT2D eigenvalue weighted by atomic mass is 32.2. The summed E-state index contributed by atoms with van der Waals surface area (Å²) in [5.41, 5.74) is 0.881. The van der Waals surface area contributed by atoms with E-state index in [2.05, 4.69) is 10.0 Å². The zero-order chi connectivity index (χ0) is 21.8. The number of nitrogens with one attached hydrogen (secondary N) is 2. The molecule has 0 aliphatic carbocycles. The van der Waals surface area contributed by atoms with Crippen LogP contribution in [0.2, 0.25) is 0 Å². The Hall–Kier alpha value is -2.13. The molecule has 8 nitrogen and oxygen atoms in total. The molecule has 29 heavy (non-hydrogen) atoms. The minimum absolute atomic E-state index is 0.0562. The van der Waals surface area contributed by atoms with Crippen molar-refractivity contribution in [3.63, 3.8) is 0 Å². The molecule has 0 bridgehead atoms. The molecule has 1 unspecified atom stereocenters. The largest absolute Gasteiger partial charge is 0.444 e. The third-order valence-corrected chi connectivity index (χ3v) is 6.14. The molecule has 1 aliphatic heterocycles. The van der Waals surface area contributed by atoms with Crippen molar-refractivity contribution < 1.29 is 22.7 Å². The number of benzene rings is 1. The van der Waals surface area contributed by atoms with Crippen LogP contribution in [0.3, 0.4) is 0 Å². The Labute approximate surface area is 173 Å². The number of carbonyl (C=O) groups is 2. The van der Waals surface area contributed by atoms with E-state index in [1.807, 2.05) is 13.0 Å². The molecule has 1 atom stereocenters. The molecular formula is C20H31N3O5S. The molecule has 1 aliphatic rings. The highest BCUT2D eigenvalue weighted by Gasteiger charge is 2.36. The van der Waals surface area contributed by atoms with Crippen LogP contribution in [0.1, 0.15) is 44.7 Å². The lowest BCUT2D eigenvalue weighted by molar-refractivity contribution is -0.125. The molecule has 0 aromatic heterocycles. The number of carbonyl (C=O) groups excluding carboxylic acids is 2. The van der Waals surface area contributed by atoms with Gasteiger partial charge in [-0.1, -0.05) is 12.1 Å². The van der Waals surface area contributed by atoms with E-state index in [-0.39, 0.29) is 23.9 Å². The molecular weight excluding hydrogens is 394 g/mol. The number of hydrogen-bond acceptors (Lipinski definition) is 5. The maximum Gasteiger partial charge on any atom is 0.410 e. The first-order valence-electron chi connectivity index (χ1n) is 9.75. The molecule has 2 amide bonds. The summed E-state index contributed by atoms with van der Waals surface area (Å²) in [6.45, 7) is 9.54. The summed E-state index contributed by atoms with van der Waals surface area (Å²) in [6.07, 6.45) is 0.765. The van der Waals surface area contributed by atoms with Gasteiger partial charge in [0.05, 0.1) is 4.90 Å². The molecule has 9 heteroatoms. The van der Waals surface area contributed by atoms with Crippen molar-refractivity contribution in [3.05, 3.63) is 29.3 Å². The van der Waals surface area contributed by atoms with E-state index in [1.54, 1.807) is 39.8 Å². The van der Waals surface area contributed by atoms with Crippen molar-refractivity contribution in [3.8, 4) is 0 Å². The monoisotopic (exact) mass is 425 g/mol. The van der Waals surface area contributed by atoms with Gasteiger partial charge in [-0.2, -0.15) is 0 Å². The lowest BCUT2D eigenvalue weighted by Crippen LogP contribution is -2.48. The number of ether oxygens (including phenoxy) is 1. The van der Waals surface area contributed by atoms with Gasteiger partial charge < -0.3 is 10.1 Å². The SMILES string of the molecule is Cc1ccc(C)c(S(=O)(=O)NCCNC(=O)C2CCCN2C(=O)OC(C)(C)C)c1. The Kier molecular flexibility index (Phi) is 7.29. The van der Waals surface area contributed by atoms with E-state index in [0.29, 0.717) is 18.5 Å². The normalized spacial score (nSPS) is 17.3. The average molecular weight is 426 g/mol. The maximum atomic E-state index is 12.5. The van der Waals surface area contributed by atoms with Crippen molar-refractivity contribution in [2.75, 3.05) is 19.6 Å². The molecule has 0 saturated carbocycles. The summed E-state index contributed by atoms with van der Waals surface area (Å²) in [5, 5.41) is 2.71. The van der Waals surface area contributed by atoms with Crippen molar-refractivity contribution in [1.82, 2.24) is 14.9 Å². The van der Waals surface area contributed by atoms with Gasteiger partial charge in [0, 0.05) is 19.6 Å². The minimum atomic E-state index is -3.66. The predicted octanol–water partition coefficient (Wildman–Crippen LogP) is 2.10.